The van der Waals surface area contributed by atoms with Crippen molar-refractivity contribution in [1.29, 1.82) is 0 Å². The van der Waals surface area contributed by atoms with E-state index in [0.29, 0.717) is 31.0 Å². The van der Waals surface area contributed by atoms with E-state index in [1.165, 1.54) is 0 Å². The normalized spacial score (nSPS) is 9.14. The highest BCUT2D eigenvalue weighted by Gasteiger charge is 1.93. The Morgan fingerprint density at radius 1 is 1.57 bits per heavy atom. The molecule has 0 spiro atoms. The smallest absolute Gasteiger partial charge is 0.129 e. The van der Waals surface area contributed by atoms with Gasteiger partial charge in [0.05, 0.1) is 12.7 Å². The van der Waals surface area contributed by atoms with Gasteiger partial charge in [0.1, 0.15) is 5.75 Å². The van der Waals surface area contributed by atoms with Gasteiger partial charge in [0, 0.05) is 17.1 Å². The van der Waals surface area contributed by atoms with Crippen molar-refractivity contribution < 1.29 is 4.74 Å². The number of nitrogen functional groups attached to an aromatic ring is 1. The van der Waals surface area contributed by atoms with Crippen molar-refractivity contribution in [2.24, 2.45) is 5.11 Å². The molecular formula is C9H11N4O. The monoisotopic (exact) mass is 191 g/mol. The van der Waals surface area contributed by atoms with Crippen molar-refractivity contribution in [3.8, 4) is 5.75 Å². The van der Waals surface area contributed by atoms with Gasteiger partial charge in [0.2, 0.25) is 0 Å². The minimum atomic E-state index is 0.443. The van der Waals surface area contributed by atoms with Crippen molar-refractivity contribution in [2.75, 3.05) is 18.9 Å². The highest BCUT2D eigenvalue weighted by atomic mass is 16.5. The summed E-state index contributed by atoms with van der Waals surface area (Å²) in [5, 5.41) is 3.39. The lowest BCUT2D eigenvalue weighted by Gasteiger charge is -2.04. The van der Waals surface area contributed by atoms with E-state index >= 15 is 0 Å². The maximum Gasteiger partial charge on any atom is 0.129 e. The van der Waals surface area contributed by atoms with Crippen LogP contribution in [0.3, 0.4) is 0 Å². The second-order valence-corrected chi connectivity index (χ2v) is 2.63. The van der Waals surface area contributed by atoms with Gasteiger partial charge in [-0.1, -0.05) is 11.2 Å². The van der Waals surface area contributed by atoms with Crippen molar-refractivity contribution in [2.45, 2.75) is 6.42 Å². The van der Waals surface area contributed by atoms with Gasteiger partial charge in [0.25, 0.3) is 0 Å². The molecule has 2 N–H and O–H groups in total. The molecule has 0 saturated heterocycles. The predicted octanol–water partition coefficient (Wildman–Crippen LogP) is 2.15. The number of hydrogen-bond donors (Lipinski definition) is 1. The molecule has 0 saturated carbocycles. The van der Waals surface area contributed by atoms with Crippen LogP contribution in [0.5, 0.6) is 5.75 Å². The summed E-state index contributed by atoms with van der Waals surface area (Å²) in [6, 6.07) is 8.18. The summed E-state index contributed by atoms with van der Waals surface area (Å²) in [6.45, 7) is 0.942. The van der Waals surface area contributed by atoms with Crippen molar-refractivity contribution in [1.82, 2.24) is 0 Å². The average molecular weight is 191 g/mol. The topological polar surface area (TPSA) is 84.0 Å². The second-order valence-electron chi connectivity index (χ2n) is 2.63. The Hall–Kier alpha value is -1.87. The summed E-state index contributed by atoms with van der Waals surface area (Å²) in [7, 11) is 0. The van der Waals surface area contributed by atoms with E-state index in [2.05, 4.69) is 16.1 Å². The van der Waals surface area contributed by atoms with Gasteiger partial charge < -0.3 is 10.5 Å². The van der Waals surface area contributed by atoms with Crippen molar-refractivity contribution >= 4 is 5.69 Å². The first kappa shape index (κ1) is 10.2. The van der Waals surface area contributed by atoms with Crippen molar-refractivity contribution in [3.05, 3.63) is 34.7 Å². The zero-order chi connectivity index (χ0) is 10.2. The molecule has 0 amide bonds. The van der Waals surface area contributed by atoms with E-state index in [0.717, 1.165) is 0 Å². The standard InChI is InChI=1S/C9H11N4O/c10-8-3-1-4-9(7-8)14-6-2-5-12-13-11/h1,3-4H,2,5-6,10H2. The minimum absolute atomic E-state index is 0.443. The number of benzene rings is 1. The molecule has 5 heteroatoms. The molecule has 0 heterocycles. The Balaban J connectivity index is 2.27. The summed E-state index contributed by atoms with van der Waals surface area (Å²) in [4.78, 5) is 2.64. The summed E-state index contributed by atoms with van der Waals surface area (Å²) in [5.74, 6) is 0.617. The maximum atomic E-state index is 8.01. The van der Waals surface area contributed by atoms with Crippen LogP contribution in [0.4, 0.5) is 5.69 Å². The fraction of sp³-hybridized carbons (Fsp3) is 0.333. The third-order valence-electron chi connectivity index (χ3n) is 1.51. The van der Waals surface area contributed by atoms with Crippen LogP contribution in [0.15, 0.2) is 23.3 Å². The molecule has 1 rings (SSSR count). The largest absolute Gasteiger partial charge is 0.493 e. The van der Waals surface area contributed by atoms with Crippen LogP contribution in [-0.2, 0) is 0 Å². The molecule has 5 nitrogen and oxygen atoms in total. The van der Waals surface area contributed by atoms with E-state index in [1.807, 2.05) is 0 Å². The highest BCUT2D eigenvalue weighted by molar-refractivity contribution is 5.41. The lowest BCUT2D eigenvalue weighted by molar-refractivity contribution is 0.313. The summed E-state index contributed by atoms with van der Waals surface area (Å²) in [6.07, 6.45) is 0.687. The van der Waals surface area contributed by atoms with Crippen molar-refractivity contribution in [3.63, 3.8) is 0 Å². The number of hydrogen-bond acceptors (Lipinski definition) is 3. The quantitative estimate of drug-likeness (QED) is 0.254. The Morgan fingerprint density at radius 2 is 2.43 bits per heavy atom. The number of ether oxygens (including phenoxy) is 1. The fourth-order valence-electron chi connectivity index (χ4n) is 0.911. The van der Waals surface area contributed by atoms with Gasteiger partial charge in [0.15, 0.2) is 0 Å². The summed E-state index contributed by atoms with van der Waals surface area (Å²) >= 11 is 0. The molecule has 0 fully saturated rings. The number of nitrogens with zero attached hydrogens (tertiary/aromatic N) is 3. The first-order valence-electron chi connectivity index (χ1n) is 4.24. The molecule has 0 aliphatic heterocycles. The Labute approximate surface area is 82.1 Å². The van der Waals surface area contributed by atoms with Gasteiger partial charge in [-0.3, -0.25) is 0 Å². The molecule has 1 aromatic rings. The molecule has 0 aliphatic carbocycles. The zero-order valence-corrected chi connectivity index (χ0v) is 7.68. The van der Waals surface area contributed by atoms with E-state index in [1.54, 1.807) is 18.2 Å². The molecule has 0 atom stereocenters. The molecule has 0 unspecified atom stereocenters. The first-order chi connectivity index (χ1) is 6.83. The Kier molecular flexibility index (Phi) is 4.17. The Morgan fingerprint density at radius 3 is 3.14 bits per heavy atom. The van der Waals surface area contributed by atoms with Crippen LogP contribution in [0.2, 0.25) is 0 Å². The van der Waals surface area contributed by atoms with Crippen LogP contribution in [0.1, 0.15) is 6.42 Å². The van der Waals surface area contributed by atoms with Gasteiger partial charge in [-0.15, -0.1) is 0 Å². The Bertz CT molecular complexity index is 333. The average Bonchev–Trinajstić information content (AvgIpc) is 2.18. The van der Waals surface area contributed by atoms with Gasteiger partial charge in [-0.05, 0) is 24.1 Å². The van der Waals surface area contributed by atoms with Crippen LogP contribution in [-0.4, -0.2) is 13.2 Å². The first-order valence-corrected chi connectivity index (χ1v) is 4.24. The molecule has 73 valence electrons. The highest BCUT2D eigenvalue weighted by Crippen LogP contribution is 2.13. The third-order valence-corrected chi connectivity index (χ3v) is 1.51. The van der Waals surface area contributed by atoms with E-state index < -0.39 is 0 Å². The number of azide groups is 1. The van der Waals surface area contributed by atoms with E-state index in [-0.39, 0.29) is 0 Å². The van der Waals surface area contributed by atoms with E-state index in [9.17, 15) is 0 Å². The zero-order valence-electron chi connectivity index (χ0n) is 7.68. The lowest BCUT2D eigenvalue weighted by Crippen LogP contribution is -1.99. The fourth-order valence-corrected chi connectivity index (χ4v) is 0.911. The van der Waals surface area contributed by atoms with Crippen LogP contribution >= 0.6 is 0 Å². The summed E-state index contributed by atoms with van der Waals surface area (Å²) in [5.41, 5.74) is 14.1. The lowest BCUT2D eigenvalue weighted by atomic mass is 10.3. The predicted molar refractivity (Wildman–Crippen MR) is 53.8 cm³/mol. The van der Waals surface area contributed by atoms with Gasteiger partial charge in [-0.2, -0.15) is 0 Å². The van der Waals surface area contributed by atoms with Gasteiger partial charge in [-0.25, -0.2) is 0 Å². The molecule has 0 aliphatic rings. The van der Waals surface area contributed by atoms with Crippen LogP contribution in [0, 0.1) is 6.07 Å². The molecule has 14 heavy (non-hydrogen) atoms. The number of anilines is 1. The molecular weight excluding hydrogens is 180 g/mol. The molecule has 1 aromatic carbocycles. The SMILES string of the molecule is [N-]=[N+]=NCCCOc1[c]c(N)ccc1. The third kappa shape index (κ3) is 3.69. The number of nitrogens with two attached hydrogens (primary N) is 1. The molecule has 1 radical (unpaired) electrons. The van der Waals surface area contributed by atoms with Crippen LogP contribution < -0.4 is 10.5 Å². The maximum absolute atomic E-state index is 8.01. The summed E-state index contributed by atoms with van der Waals surface area (Å²) < 4.78 is 5.31. The van der Waals surface area contributed by atoms with Crippen LogP contribution in [0.25, 0.3) is 10.4 Å². The molecule has 0 bridgehead atoms. The van der Waals surface area contributed by atoms with Gasteiger partial charge >= 0.3 is 0 Å². The number of rotatable bonds is 5. The second kappa shape index (κ2) is 5.72. The van der Waals surface area contributed by atoms with E-state index in [4.69, 9.17) is 16.0 Å². The molecule has 0 aromatic heterocycles. The minimum Gasteiger partial charge on any atom is -0.493 e.